The van der Waals surface area contributed by atoms with Crippen molar-refractivity contribution in [1.29, 1.82) is 0 Å². The van der Waals surface area contributed by atoms with E-state index in [2.05, 4.69) is 21.2 Å². The van der Waals surface area contributed by atoms with Gasteiger partial charge < -0.3 is 19.6 Å². The largest absolute Gasteiger partial charge is 0.486 e. The Morgan fingerprint density at radius 1 is 1.25 bits per heavy atom. The van der Waals surface area contributed by atoms with Crippen molar-refractivity contribution in [2.75, 3.05) is 0 Å². The summed E-state index contributed by atoms with van der Waals surface area (Å²) in [5, 5.41) is 11.7. The highest BCUT2D eigenvalue weighted by Crippen LogP contribution is 2.18. The molecule has 2 rings (SSSR count). The van der Waals surface area contributed by atoms with E-state index in [1.54, 1.807) is 25.1 Å². The molecule has 0 saturated heterocycles. The van der Waals surface area contributed by atoms with Crippen LogP contribution in [0.4, 0.5) is 0 Å². The summed E-state index contributed by atoms with van der Waals surface area (Å²) in [6.45, 7) is 3.31. The number of furan rings is 1. The van der Waals surface area contributed by atoms with Crippen LogP contribution in [-0.2, 0) is 11.4 Å². The molecule has 1 heterocycles. The van der Waals surface area contributed by atoms with Gasteiger partial charge >= 0.3 is 5.97 Å². The summed E-state index contributed by atoms with van der Waals surface area (Å²) >= 11 is 3.34. The van der Waals surface area contributed by atoms with Gasteiger partial charge in [0.1, 0.15) is 23.7 Å². The van der Waals surface area contributed by atoms with Crippen LogP contribution in [0.5, 0.6) is 5.75 Å². The number of nitrogens with one attached hydrogen (secondary N) is 1. The average Bonchev–Trinajstić information content (AvgIpc) is 3.03. The van der Waals surface area contributed by atoms with Crippen LogP contribution in [0.25, 0.3) is 0 Å². The Bertz CT molecular complexity index is 725. The molecule has 1 aromatic heterocycles. The molecule has 24 heavy (non-hydrogen) atoms. The average molecular weight is 396 g/mol. The fourth-order valence-corrected chi connectivity index (χ4v) is 2.13. The molecule has 1 unspecified atom stereocenters. The summed E-state index contributed by atoms with van der Waals surface area (Å²) in [4.78, 5) is 23.4. The van der Waals surface area contributed by atoms with Crippen molar-refractivity contribution in [2.24, 2.45) is 0 Å². The van der Waals surface area contributed by atoms with Gasteiger partial charge in [-0.15, -0.1) is 0 Å². The lowest BCUT2D eigenvalue weighted by atomic mass is 9.99. The minimum absolute atomic E-state index is 0.0466. The Kier molecular flexibility index (Phi) is 5.66. The second-order valence-electron chi connectivity index (χ2n) is 5.45. The molecule has 6 nitrogen and oxygen atoms in total. The molecule has 128 valence electrons. The normalized spacial score (nSPS) is 13.1. The van der Waals surface area contributed by atoms with Crippen LogP contribution in [0.3, 0.4) is 0 Å². The Labute approximate surface area is 147 Å². The minimum atomic E-state index is -1.34. The van der Waals surface area contributed by atoms with Gasteiger partial charge in [0.05, 0.1) is 0 Å². The summed E-state index contributed by atoms with van der Waals surface area (Å²) in [5.74, 6) is -0.479. The fourth-order valence-electron chi connectivity index (χ4n) is 1.87. The van der Waals surface area contributed by atoms with E-state index in [1.807, 2.05) is 12.1 Å². The van der Waals surface area contributed by atoms with Crippen molar-refractivity contribution in [1.82, 2.24) is 5.32 Å². The number of ether oxygens (including phenoxy) is 1. The topological polar surface area (TPSA) is 88.8 Å². The molecule has 1 amide bonds. The first-order chi connectivity index (χ1) is 11.3. The van der Waals surface area contributed by atoms with Gasteiger partial charge in [0.25, 0.3) is 5.91 Å². The molecule has 0 aliphatic rings. The van der Waals surface area contributed by atoms with Gasteiger partial charge in [-0.25, -0.2) is 4.79 Å². The Hall–Kier alpha value is -2.28. The third kappa shape index (κ3) is 4.38. The van der Waals surface area contributed by atoms with Crippen LogP contribution in [0.1, 0.15) is 36.6 Å². The molecule has 0 aliphatic heterocycles. The van der Waals surface area contributed by atoms with Gasteiger partial charge in [-0.3, -0.25) is 4.79 Å². The van der Waals surface area contributed by atoms with E-state index in [1.165, 1.54) is 13.0 Å². The van der Waals surface area contributed by atoms with Crippen molar-refractivity contribution in [2.45, 2.75) is 32.4 Å². The van der Waals surface area contributed by atoms with Crippen LogP contribution in [0.2, 0.25) is 0 Å². The van der Waals surface area contributed by atoms with Gasteiger partial charge in [-0.2, -0.15) is 0 Å². The van der Waals surface area contributed by atoms with Crippen molar-refractivity contribution in [3.05, 3.63) is 52.4 Å². The van der Waals surface area contributed by atoms with E-state index in [0.717, 1.165) is 4.47 Å². The second kappa shape index (κ2) is 7.53. The number of carboxylic acid groups (broad SMARTS) is 1. The monoisotopic (exact) mass is 395 g/mol. The highest BCUT2D eigenvalue weighted by molar-refractivity contribution is 9.10. The molecule has 0 saturated carbocycles. The molecule has 2 N–H and O–H groups in total. The highest BCUT2D eigenvalue weighted by atomic mass is 79.9. The maximum atomic E-state index is 12.1. The molecule has 1 atom stereocenters. The van der Waals surface area contributed by atoms with Crippen molar-refractivity contribution in [3.63, 3.8) is 0 Å². The number of carboxylic acids is 1. The first-order valence-corrected chi connectivity index (χ1v) is 8.16. The molecule has 0 spiro atoms. The van der Waals surface area contributed by atoms with Gasteiger partial charge in [0.15, 0.2) is 5.76 Å². The summed E-state index contributed by atoms with van der Waals surface area (Å²) in [5.41, 5.74) is -1.34. The number of benzene rings is 1. The molecule has 1 aromatic carbocycles. The Morgan fingerprint density at radius 3 is 2.50 bits per heavy atom. The maximum Gasteiger partial charge on any atom is 0.329 e. The standard InChI is InChI=1S/C17H18BrNO5/c1-3-17(2,16(21)22)19-15(20)14-9-8-13(24-14)10-23-12-6-4-11(18)5-7-12/h4-9H,3,10H2,1-2H3,(H,19,20)(H,21,22). The van der Waals surface area contributed by atoms with Crippen LogP contribution in [0.15, 0.2) is 45.3 Å². The van der Waals surface area contributed by atoms with Gasteiger partial charge in [0, 0.05) is 4.47 Å². The predicted molar refractivity (Wildman–Crippen MR) is 91.0 cm³/mol. The lowest BCUT2D eigenvalue weighted by Gasteiger charge is -2.23. The third-order valence-corrected chi connectivity index (χ3v) is 4.18. The number of hydrogen-bond donors (Lipinski definition) is 2. The van der Waals surface area contributed by atoms with E-state index in [4.69, 9.17) is 9.15 Å². The quantitative estimate of drug-likeness (QED) is 0.747. The molecule has 0 radical (unpaired) electrons. The van der Waals surface area contributed by atoms with Gasteiger partial charge in [0.2, 0.25) is 0 Å². The predicted octanol–water partition coefficient (Wildman–Crippen LogP) is 3.60. The molecular formula is C17H18BrNO5. The smallest absolute Gasteiger partial charge is 0.329 e. The van der Waals surface area contributed by atoms with E-state index in [-0.39, 0.29) is 18.8 Å². The van der Waals surface area contributed by atoms with Crippen LogP contribution in [0, 0.1) is 0 Å². The van der Waals surface area contributed by atoms with E-state index in [9.17, 15) is 14.7 Å². The van der Waals surface area contributed by atoms with E-state index in [0.29, 0.717) is 11.5 Å². The van der Waals surface area contributed by atoms with E-state index < -0.39 is 17.4 Å². The lowest BCUT2D eigenvalue weighted by Crippen LogP contribution is -2.51. The molecule has 7 heteroatoms. The SMILES string of the molecule is CCC(C)(NC(=O)c1ccc(COc2ccc(Br)cc2)o1)C(=O)O. The van der Waals surface area contributed by atoms with Crippen molar-refractivity contribution >= 4 is 27.8 Å². The number of carbonyl (C=O) groups is 2. The summed E-state index contributed by atoms with van der Waals surface area (Å²) in [6, 6.07) is 10.4. The molecular weight excluding hydrogens is 378 g/mol. The summed E-state index contributed by atoms with van der Waals surface area (Å²) < 4.78 is 11.9. The molecule has 0 fully saturated rings. The summed E-state index contributed by atoms with van der Waals surface area (Å²) in [7, 11) is 0. The number of rotatable bonds is 7. The van der Waals surface area contributed by atoms with Gasteiger partial charge in [-0.05, 0) is 49.7 Å². The zero-order chi connectivity index (χ0) is 17.7. The number of amides is 1. The minimum Gasteiger partial charge on any atom is -0.486 e. The van der Waals surface area contributed by atoms with E-state index >= 15 is 0 Å². The summed E-state index contributed by atoms with van der Waals surface area (Å²) in [6.07, 6.45) is 0.258. The van der Waals surface area contributed by atoms with Crippen LogP contribution >= 0.6 is 15.9 Å². The molecule has 2 aromatic rings. The van der Waals surface area contributed by atoms with Crippen LogP contribution < -0.4 is 10.1 Å². The van der Waals surface area contributed by atoms with Crippen molar-refractivity contribution in [3.8, 4) is 5.75 Å². The zero-order valence-electron chi connectivity index (χ0n) is 13.3. The Morgan fingerprint density at radius 2 is 1.92 bits per heavy atom. The number of carbonyl (C=O) groups excluding carboxylic acids is 1. The fraction of sp³-hybridized carbons (Fsp3) is 0.294. The molecule has 0 aliphatic carbocycles. The number of aliphatic carboxylic acids is 1. The Balaban J connectivity index is 1.98. The molecule has 0 bridgehead atoms. The maximum absolute atomic E-state index is 12.1. The van der Waals surface area contributed by atoms with Crippen LogP contribution in [-0.4, -0.2) is 22.5 Å². The second-order valence-corrected chi connectivity index (χ2v) is 6.37. The number of hydrogen-bond acceptors (Lipinski definition) is 4. The van der Waals surface area contributed by atoms with Crippen molar-refractivity contribution < 1.29 is 23.8 Å². The zero-order valence-corrected chi connectivity index (χ0v) is 14.9. The third-order valence-electron chi connectivity index (χ3n) is 3.65. The highest BCUT2D eigenvalue weighted by Gasteiger charge is 2.33. The number of halogens is 1. The first kappa shape index (κ1) is 18.1. The van der Waals surface area contributed by atoms with Gasteiger partial charge in [-0.1, -0.05) is 22.9 Å². The first-order valence-electron chi connectivity index (χ1n) is 7.37. The lowest BCUT2D eigenvalue weighted by molar-refractivity contribution is -0.143.